The van der Waals surface area contributed by atoms with Crippen molar-refractivity contribution in [2.45, 2.75) is 33.2 Å². The SMILES string of the molecule is CCC(C)C(C)Nc1cc(Cl)ccc1F. The molecule has 0 aliphatic heterocycles. The van der Waals surface area contributed by atoms with E-state index in [9.17, 15) is 4.39 Å². The zero-order valence-electron chi connectivity index (χ0n) is 9.35. The maximum Gasteiger partial charge on any atom is 0.146 e. The number of hydrogen-bond donors (Lipinski definition) is 1. The fraction of sp³-hybridized carbons (Fsp3) is 0.500. The summed E-state index contributed by atoms with van der Waals surface area (Å²) in [5.41, 5.74) is 0.482. The van der Waals surface area contributed by atoms with Gasteiger partial charge in [0.15, 0.2) is 0 Å². The summed E-state index contributed by atoms with van der Waals surface area (Å²) in [4.78, 5) is 0. The van der Waals surface area contributed by atoms with Gasteiger partial charge in [0.05, 0.1) is 5.69 Å². The van der Waals surface area contributed by atoms with Crippen molar-refractivity contribution in [3.8, 4) is 0 Å². The number of halogens is 2. The van der Waals surface area contributed by atoms with Crippen LogP contribution in [0.1, 0.15) is 27.2 Å². The number of rotatable bonds is 4. The maximum atomic E-state index is 13.4. The molecule has 0 aliphatic rings. The third kappa shape index (κ3) is 3.38. The molecule has 0 amide bonds. The first-order valence-corrected chi connectivity index (χ1v) is 5.64. The van der Waals surface area contributed by atoms with Gasteiger partial charge < -0.3 is 5.32 Å². The predicted octanol–water partition coefficient (Wildman–Crippen LogP) is 4.33. The van der Waals surface area contributed by atoms with E-state index in [-0.39, 0.29) is 11.9 Å². The average molecular weight is 230 g/mol. The second-order valence-corrected chi connectivity index (χ2v) is 4.38. The van der Waals surface area contributed by atoms with Crippen LogP contribution >= 0.6 is 11.6 Å². The molecule has 2 unspecified atom stereocenters. The van der Waals surface area contributed by atoms with Crippen molar-refractivity contribution in [3.05, 3.63) is 29.0 Å². The van der Waals surface area contributed by atoms with Gasteiger partial charge in [0.1, 0.15) is 5.82 Å². The van der Waals surface area contributed by atoms with Crippen molar-refractivity contribution in [2.24, 2.45) is 5.92 Å². The van der Waals surface area contributed by atoms with Gasteiger partial charge in [0, 0.05) is 11.1 Å². The molecular weight excluding hydrogens is 213 g/mol. The topological polar surface area (TPSA) is 12.0 Å². The maximum absolute atomic E-state index is 13.4. The summed E-state index contributed by atoms with van der Waals surface area (Å²) < 4.78 is 13.4. The Bertz CT molecular complexity index is 327. The first kappa shape index (κ1) is 12.3. The molecule has 2 atom stereocenters. The van der Waals surface area contributed by atoms with Crippen LogP contribution < -0.4 is 5.32 Å². The standard InChI is InChI=1S/C12H17ClFN/c1-4-8(2)9(3)15-12-7-10(13)5-6-11(12)14/h5-9,15H,4H2,1-3H3. The molecule has 1 aromatic rings. The van der Waals surface area contributed by atoms with E-state index in [1.165, 1.54) is 6.07 Å². The first-order chi connectivity index (χ1) is 7.04. The van der Waals surface area contributed by atoms with E-state index in [2.05, 4.69) is 26.1 Å². The largest absolute Gasteiger partial charge is 0.380 e. The summed E-state index contributed by atoms with van der Waals surface area (Å²) in [5.74, 6) is 0.248. The number of hydrogen-bond acceptors (Lipinski definition) is 1. The Morgan fingerprint density at radius 2 is 2.07 bits per heavy atom. The van der Waals surface area contributed by atoms with Crippen LogP contribution in [0.5, 0.6) is 0 Å². The van der Waals surface area contributed by atoms with Crippen LogP contribution in [0.2, 0.25) is 5.02 Å². The lowest BCUT2D eigenvalue weighted by Gasteiger charge is -2.21. The van der Waals surface area contributed by atoms with Gasteiger partial charge in [-0.15, -0.1) is 0 Å². The van der Waals surface area contributed by atoms with Gasteiger partial charge in [-0.3, -0.25) is 0 Å². The molecule has 0 radical (unpaired) electrons. The van der Waals surface area contributed by atoms with E-state index >= 15 is 0 Å². The minimum atomic E-state index is -0.255. The lowest BCUT2D eigenvalue weighted by Crippen LogP contribution is -2.23. The number of benzene rings is 1. The number of anilines is 1. The third-order valence-electron chi connectivity index (χ3n) is 2.81. The molecule has 1 N–H and O–H groups in total. The molecule has 0 aliphatic carbocycles. The van der Waals surface area contributed by atoms with E-state index in [0.29, 0.717) is 16.6 Å². The van der Waals surface area contributed by atoms with E-state index in [1.807, 2.05) is 0 Å². The molecule has 3 heteroatoms. The smallest absolute Gasteiger partial charge is 0.146 e. The van der Waals surface area contributed by atoms with Crippen LogP contribution in [-0.4, -0.2) is 6.04 Å². The van der Waals surface area contributed by atoms with Gasteiger partial charge in [-0.25, -0.2) is 4.39 Å². The normalized spacial score (nSPS) is 14.7. The van der Waals surface area contributed by atoms with Crippen LogP contribution in [0.4, 0.5) is 10.1 Å². The third-order valence-corrected chi connectivity index (χ3v) is 3.04. The van der Waals surface area contributed by atoms with Crippen LogP contribution in [0.15, 0.2) is 18.2 Å². The highest BCUT2D eigenvalue weighted by Gasteiger charge is 2.12. The monoisotopic (exact) mass is 229 g/mol. The lowest BCUT2D eigenvalue weighted by molar-refractivity contribution is 0.491. The van der Waals surface area contributed by atoms with Gasteiger partial charge in [-0.2, -0.15) is 0 Å². The molecule has 1 nitrogen and oxygen atoms in total. The van der Waals surface area contributed by atoms with Crippen LogP contribution in [0, 0.1) is 11.7 Å². The van der Waals surface area contributed by atoms with Gasteiger partial charge in [-0.05, 0) is 31.0 Å². The van der Waals surface area contributed by atoms with Crippen molar-refractivity contribution in [1.29, 1.82) is 0 Å². The quantitative estimate of drug-likeness (QED) is 0.811. The van der Waals surface area contributed by atoms with Crippen molar-refractivity contribution in [3.63, 3.8) is 0 Å². The fourth-order valence-electron chi connectivity index (χ4n) is 1.35. The van der Waals surface area contributed by atoms with Gasteiger partial charge in [0.2, 0.25) is 0 Å². The van der Waals surface area contributed by atoms with Crippen LogP contribution in [-0.2, 0) is 0 Å². The Morgan fingerprint density at radius 3 is 2.67 bits per heavy atom. The molecule has 1 aromatic carbocycles. The van der Waals surface area contributed by atoms with E-state index in [1.54, 1.807) is 12.1 Å². The minimum absolute atomic E-state index is 0.239. The molecule has 0 saturated carbocycles. The molecule has 0 fully saturated rings. The average Bonchev–Trinajstić information content (AvgIpc) is 2.22. The summed E-state index contributed by atoms with van der Waals surface area (Å²) in [6, 6.07) is 4.79. The Balaban J connectivity index is 2.75. The van der Waals surface area contributed by atoms with Gasteiger partial charge in [0.25, 0.3) is 0 Å². The molecule has 15 heavy (non-hydrogen) atoms. The van der Waals surface area contributed by atoms with Gasteiger partial charge >= 0.3 is 0 Å². The van der Waals surface area contributed by atoms with Crippen molar-refractivity contribution >= 4 is 17.3 Å². The van der Waals surface area contributed by atoms with Crippen molar-refractivity contribution < 1.29 is 4.39 Å². The first-order valence-electron chi connectivity index (χ1n) is 5.26. The lowest BCUT2D eigenvalue weighted by atomic mass is 10.0. The van der Waals surface area contributed by atoms with Crippen molar-refractivity contribution in [1.82, 2.24) is 0 Å². The second-order valence-electron chi connectivity index (χ2n) is 3.94. The fourth-order valence-corrected chi connectivity index (χ4v) is 1.52. The molecule has 0 saturated heterocycles. The van der Waals surface area contributed by atoms with E-state index < -0.39 is 0 Å². The predicted molar refractivity (Wildman–Crippen MR) is 63.9 cm³/mol. The zero-order valence-corrected chi connectivity index (χ0v) is 10.1. The van der Waals surface area contributed by atoms with Crippen LogP contribution in [0.3, 0.4) is 0 Å². The molecule has 0 aromatic heterocycles. The van der Waals surface area contributed by atoms with E-state index in [0.717, 1.165) is 6.42 Å². The second kappa shape index (κ2) is 5.36. The Labute approximate surface area is 95.6 Å². The molecule has 84 valence electrons. The highest BCUT2D eigenvalue weighted by molar-refractivity contribution is 6.30. The van der Waals surface area contributed by atoms with Crippen molar-refractivity contribution in [2.75, 3.05) is 5.32 Å². The van der Waals surface area contributed by atoms with Gasteiger partial charge in [-0.1, -0.05) is 31.9 Å². The number of nitrogens with one attached hydrogen (secondary N) is 1. The molecule has 0 bridgehead atoms. The molecular formula is C12H17ClFN. The Kier molecular flexibility index (Phi) is 4.40. The van der Waals surface area contributed by atoms with Crippen LogP contribution in [0.25, 0.3) is 0 Å². The molecule has 0 heterocycles. The summed E-state index contributed by atoms with van der Waals surface area (Å²) in [6.07, 6.45) is 1.07. The summed E-state index contributed by atoms with van der Waals surface area (Å²) in [6.45, 7) is 6.31. The minimum Gasteiger partial charge on any atom is -0.380 e. The van der Waals surface area contributed by atoms with E-state index in [4.69, 9.17) is 11.6 Å². The Morgan fingerprint density at radius 1 is 1.40 bits per heavy atom. The highest BCUT2D eigenvalue weighted by Crippen LogP contribution is 2.22. The molecule has 1 rings (SSSR count). The zero-order chi connectivity index (χ0) is 11.4. The Hall–Kier alpha value is -0.760. The summed E-state index contributed by atoms with van der Waals surface area (Å²) in [5, 5.41) is 3.69. The summed E-state index contributed by atoms with van der Waals surface area (Å²) in [7, 11) is 0. The molecule has 0 spiro atoms. The summed E-state index contributed by atoms with van der Waals surface area (Å²) >= 11 is 5.81. The highest BCUT2D eigenvalue weighted by atomic mass is 35.5.